The highest BCUT2D eigenvalue weighted by atomic mass is 16.6. The van der Waals surface area contributed by atoms with Crippen LogP contribution in [0.3, 0.4) is 0 Å². The van der Waals surface area contributed by atoms with Crippen LogP contribution in [-0.2, 0) is 4.74 Å². The summed E-state index contributed by atoms with van der Waals surface area (Å²) in [5.74, 6) is -0.368. The number of amides is 2. The van der Waals surface area contributed by atoms with E-state index in [1.165, 1.54) is 4.90 Å². The Morgan fingerprint density at radius 2 is 1.68 bits per heavy atom. The zero-order chi connectivity index (χ0) is 15.3. The first-order valence-corrected chi connectivity index (χ1v) is 7.61. The van der Waals surface area contributed by atoms with E-state index in [4.69, 9.17) is 4.74 Å². The molecule has 1 fully saturated rings. The molecule has 1 unspecified atom stereocenters. The Morgan fingerprint density at radius 3 is 2.23 bits per heavy atom. The molecule has 4 nitrogen and oxygen atoms in total. The highest BCUT2D eigenvalue weighted by Crippen LogP contribution is 2.33. The summed E-state index contributed by atoms with van der Waals surface area (Å²) in [7, 11) is 0. The van der Waals surface area contributed by atoms with Gasteiger partial charge in [-0.05, 0) is 37.3 Å². The Kier molecular flexibility index (Phi) is 2.84. The molecular formula is C18H17NO3. The van der Waals surface area contributed by atoms with E-state index in [1.54, 1.807) is 12.1 Å². The van der Waals surface area contributed by atoms with Gasteiger partial charge in [-0.15, -0.1) is 0 Å². The van der Waals surface area contributed by atoms with Crippen LogP contribution >= 0.6 is 0 Å². The fourth-order valence-corrected chi connectivity index (χ4v) is 3.16. The summed E-state index contributed by atoms with van der Waals surface area (Å²) >= 11 is 0. The molecule has 0 spiro atoms. The summed E-state index contributed by atoms with van der Waals surface area (Å²) < 4.78 is 5.35. The molecule has 2 aliphatic rings. The van der Waals surface area contributed by atoms with Gasteiger partial charge in [0.1, 0.15) is 0 Å². The predicted molar refractivity (Wildman–Crippen MR) is 82.9 cm³/mol. The summed E-state index contributed by atoms with van der Waals surface area (Å²) in [4.78, 5) is 26.7. The summed E-state index contributed by atoms with van der Waals surface area (Å²) in [6, 6.07) is 11.2. The van der Waals surface area contributed by atoms with Crippen molar-refractivity contribution in [3.8, 4) is 0 Å². The van der Waals surface area contributed by atoms with Gasteiger partial charge in [-0.1, -0.05) is 24.3 Å². The van der Waals surface area contributed by atoms with E-state index in [1.807, 2.05) is 24.3 Å². The van der Waals surface area contributed by atoms with Crippen LogP contribution in [0.1, 0.15) is 40.5 Å². The molecule has 4 rings (SSSR count). The van der Waals surface area contributed by atoms with Gasteiger partial charge in [-0.3, -0.25) is 14.5 Å². The van der Waals surface area contributed by atoms with E-state index >= 15 is 0 Å². The molecule has 1 atom stereocenters. The number of hydrogen-bond acceptors (Lipinski definition) is 3. The Morgan fingerprint density at radius 1 is 1.09 bits per heavy atom. The van der Waals surface area contributed by atoms with Gasteiger partial charge in [0, 0.05) is 23.1 Å². The van der Waals surface area contributed by atoms with Crippen LogP contribution in [0.5, 0.6) is 0 Å². The topological polar surface area (TPSA) is 49.9 Å². The number of rotatable bonds is 4. The minimum absolute atomic E-state index is 0.0419. The first kappa shape index (κ1) is 13.5. The van der Waals surface area contributed by atoms with Crippen LogP contribution in [0.4, 0.5) is 0 Å². The third kappa shape index (κ3) is 2.03. The first-order chi connectivity index (χ1) is 10.6. The van der Waals surface area contributed by atoms with Gasteiger partial charge >= 0.3 is 0 Å². The quantitative estimate of drug-likeness (QED) is 0.643. The fraction of sp³-hybridized carbons (Fsp3) is 0.333. The van der Waals surface area contributed by atoms with Gasteiger partial charge < -0.3 is 4.74 Å². The van der Waals surface area contributed by atoms with Gasteiger partial charge in [-0.2, -0.15) is 0 Å². The highest BCUT2D eigenvalue weighted by Gasteiger charge is 2.39. The summed E-state index contributed by atoms with van der Waals surface area (Å²) in [6.45, 7) is 3.28. The molecule has 2 aromatic carbocycles. The van der Waals surface area contributed by atoms with Crippen molar-refractivity contribution < 1.29 is 14.3 Å². The maximum absolute atomic E-state index is 12.7. The average molecular weight is 295 g/mol. The van der Waals surface area contributed by atoms with Crippen LogP contribution in [0, 0.1) is 0 Å². The fourth-order valence-electron chi connectivity index (χ4n) is 3.16. The molecule has 2 aliphatic heterocycles. The molecular weight excluding hydrogens is 278 g/mol. The van der Waals surface area contributed by atoms with E-state index in [9.17, 15) is 9.59 Å². The van der Waals surface area contributed by atoms with E-state index in [-0.39, 0.29) is 17.4 Å². The molecule has 0 radical (unpaired) electrons. The molecule has 112 valence electrons. The lowest BCUT2D eigenvalue weighted by molar-refractivity contribution is 0.0604. The SMILES string of the molecule is CC1(CCCN2C(=O)c3cccc4cccc(c34)C2=O)CO1. The van der Waals surface area contributed by atoms with Crippen molar-refractivity contribution in [3.05, 3.63) is 47.5 Å². The molecule has 2 amide bonds. The number of carbonyl (C=O) groups is 2. The van der Waals surface area contributed by atoms with Crippen LogP contribution in [0.25, 0.3) is 10.8 Å². The van der Waals surface area contributed by atoms with Crippen molar-refractivity contribution in [3.63, 3.8) is 0 Å². The lowest BCUT2D eigenvalue weighted by atomic mass is 9.94. The number of ether oxygens (including phenoxy) is 1. The van der Waals surface area contributed by atoms with Crippen molar-refractivity contribution in [2.75, 3.05) is 13.2 Å². The first-order valence-electron chi connectivity index (χ1n) is 7.61. The molecule has 0 aromatic heterocycles. The smallest absolute Gasteiger partial charge is 0.261 e. The lowest BCUT2D eigenvalue weighted by Crippen LogP contribution is -2.41. The van der Waals surface area contributed by atoms with Crippen molar-refractivity contribution in [1.29, 1.82) is 0 Å². The lowest BCUT2D eigenvalue weighted by Gasteiger charge is -2.27. The molecule has 0 saturated carbocycles. The molecule has 4 heteroatoms. The maximum atomic E-state index is 12.7. The van der Waals surface area contributed by atoms with Gasteiger partial charge in [0.2, 0.25) is 0 Å². The predicted octanol–water partition coefficient (Wildman–Crippen LogP) is 3.00. The monoisotopic (exact) mass is 295 g/mol. The molecule has 2 heterocycles. The molecule has 0 N–H and O–H groups in total. The number of nitrogens with zero attached hydrogens (tertiary/aromatic N) is 1. The molecule has 1 saturated heterocycles. The van der Waals surface area contributed by atoms with Crippen LogP contribution in [0.2, 0.25) is 0 Å². The Bertz CT molecular complexity index is 741. The van der Waals surface area contributed by atoms with Crippen molar-refractivity contribution >= 4 is 22.6 Å². The van der Waals surface area contributed by atoms with E-state index in [2.05, 4.69) is 6.92 Å². The average Bonchev–Trinajstić information content (AvgIpc) is 3.26. The maximum Gasteiger partial charge on any atom is 0.261 e. The molecule has 22 heavy (non-hydrogen) atoms. The Labute approximate surface area is 128 Å². The van der Waals surface area contributed by atoms with Crippen LogP contribution in [0.15, 0.2) is 36.4 Å². The second-order valence-corrected chi connectivity index (χ2v) is 6.31. The standard InChI is InChI=1S/C18H17NO3/c1-18(11-22-18)9-4-10-19-16(20)13-7-2-5-12-6-3-8-14(15(12)13)17(19)21/h2-3,5-8H,4,9-11H2,1H3. The second kappa shape index (κ2) is 4.65. The highest BCUT2D eigenvalue weighted by molar-refractivity contribution is 6.25. The van der Waals surface area contributed by atoms with Gasteiger partial charge in [-0.25, -0.2) is 0 Å². The van der Waals surface area contributed by atoms with Gasteiger partial charge in [0.15, 0.2) is 0 Å². The van der Waals surface area contributed by atoms with E-state index in [0.29, 0.717) is 17.7 Å². The van der Waals surface area contributed by atoms with E-state index < -0.39 is 0 Å². The van der Waals surface area contributed by atoms with Gasteiger partial charge in [0.25, 0.3) is 11.8 Å². The van der Waals surface area contributed by atoms with Crippen LogP contribution < -0.4 is 0 Å². The Balaban J connectivity index is 1.66. The van der Waals surface area contributed by atoms with Crippen LogP contribution in [-0.4, -0.2) is 35.5 Å². The summed E-state index contributed by atoms with van der Waals surface area (Å²) in [5, 5.41) is 1.73. The van der Waals surface area contributed by atoms with Crippen molar-refractivity contribution in [2.45, 2.75) is 25.4 Å². The third-order valence-electron chi connectivity index (χ3n) is 4.58. The molecule has 0 aliphatic carbocycles. The second-order valence-electron chi connectivity index (χ2n) is 6.31. The normalized spacial score (nSPS) is 23.2. The number of carbonyl (C=O) groups excluding carboxylic acids is 2. The minimum atomic E-state index is -0.184. The number of benzene rings is 2. The number of imide groups is 1. The van der Waals surface area contributed by atoms with E-state index in [0.717, 1.165) is 30.2 Å². The van der Waals surface area contributed by atoms with Gasteiger partial charge in [0.05, 0.1) is 12.2 Å². The zero-order valence-electron chi connectivity index (χ0n) is 12.5. The molecule has 2 aromatic rings. The summed E-state index contributed by atoms with van der Waals surface area (Å²) in [6.07, 6.45) is 1.64. The largest absolute Gasteiger partial charge is 0.370 e. The Hall–Kier alpha value is -2.20. The number of epoxide rings is 1. The number of hydrogen-bond donors (Lipinski definition) is 0. The van der Waals surface area contributed by atoms with Crippen molar-refractivity contribution in [1.82, 2.24) is 4.90 Å². The minimum Gasteiger partial charge on any atom is -0.370 e. The van der Waals surface area contributed by atoms with Crippen molar-refractivity contribution in [2.24, 2.45) is 0 Å². The summed E-state index contributed by atoms with van der Waals surface area (Å²) in [5.41, 5.74) is 1.21. The molecule has 0 bridgehead atoms. The zero-order valence-corrected chi connectivity index (χ0v) is 12.5. The third-order valence-corrected chi connectivity index (χ3v) is 4.58.